The summed E-state index contributed by atoms with van der Waals surface area (Å²) in [5.41, 5.74) is 0.725. The normalized spacial score (nSPS) is 10.3. The number of hydrogen-bond donors (Lipinski definition) is 1. The molecule has 0 aromatic carbocycles. The highest BCUT2D eigenvalue weighted by atomic mass is 127. The smallest absolute Gasteiger partial charge is 0.354 e. The number of carboxylic acid groups (broad SMARTS) is 1. The second-order valence-electron chi connectivity index (χ2n) is 3.17. The van der Waals surface area contributed by atoms with E-state index in [1.165, 1.54) is 6.20 Å². The van der Waals surface area contributed by atoms with Crippen LogP contribution in [0.4, 0.5) is 0 Å². The lowest BCUT2D eigenvalue weighted by molar-refractivity contribution is 0.0689. The summed E-state index contributed by atoms with van der Waals surface area (Å²) in [7, 11) is 0. The molecule has 2 heterocycles. The number of carbonyl (C=O) groups is 1. The van der Waals surface area contributed by atoms with Crippen molar-refractivity contribution < 1.29 is 9.90 Å². The number of hydrogen-bond acceptors (Lipinski definition) is 3. The van der Waals surface area contributed by atoms with Crippen LogP contribution in [0.2, 0.25) is 0 Å². The zero-order valence-corrected chi connectivity index (χ0v) is 10.3. The van der Waals surface area contributed by atoms with Gasteiger partial charge in [-0.2, -0.15) is 5.10 Å². The van der Waals surface area contributed by atoms with Gasteiger partial charge in [0.05, 0.1) is 16.3 Å². The van der Waals surface area contributed by atoms with Crippen molar-refractivity contribution in [3.05, 3.63) is 45.6 Å². The second-order valence-corrected chi connectivity index (χ2v) is 4.42. The SMILES string of the molecule is O=C(O)c1ncccc1Cn1cc(I)cn1. The second kappa shape index (κ2) is 4.60. The zero-order chi connectivity index (χ0) is 11.5. The van der Waals surface area contributed by atoms with Gasteiger partial charge in [-0.25, -0.2) is 9.78 Å². The van der Waals surface area contributed by atoms with Crippen LogP contribution in [-0.2, 0) is 6.54 Å². The van der Waals surface area contributed by atoms with Crippen LogP contribution in [0.5, 0.6) is 0 Å². The van der Waals surface area contributed by atoms with Gasteiger partial charge in [0.1, 0.15) is 0 Å². The van der Waals surface area contributed by atoms with E-state index in [4.69, 9.17) is 5.11 Å². The third-order valence-electron chi connectivity index (χ3n) is 2.03. The fourth-order valence-electron chi connectivity index (χ4n) is 1.36. The van der Waals surface area contributed by atoms with Crippen molar-refractivity contribution in [2.24, 2.45) is 0 Å². The molecule has 82 valence electrons. The highest BCUT2D eigenvalue weighted by Gasteiger charge is 2.11. The minimum absolute atomic E-state index is 0.0769. The number of nitrogens with zero attached hydrogens (tertiary/aromatic N) is 3. The van der Waals surface area contributed by atoms with Crippen LogP contribution in [0, 0.1) is 3.57 Å². The van der Waals surface area contributed by atoms with Gasteiger partial charge in [0.15, 0.2) is 5.69 Å². The minimum atomic E-state index is -1.02. The maximum Gasteiger partial charge on any atom is 0.354 e. The van der Waals surface area contributed by atoms with Crippen molar-refractivity contribution in [2.45, 2.75) is 6.54 Å². The molecule has 0 aliphatic heterocycles. The minimum Gasteiger partial charge on any atom is -0.477 e. The third kappa shape index (κ3) is 2.38. The van der Waals surface area contributed by atoms with E-state index in [9.17, 15) is 4.79 Å². The molecule has 2 rings (SSSR count). The number of halogens is 1. The average Bonchev–Trinajstić information content (AvgIpc) is 2.64. The number of rotatable bonds is 3. The first-order valence-corrected chi connectivity index (χ1v) is 5.60. The lowest BCUT2D eigenvalue weighted by atomic mass is 10.2. The van der Waals surface area contributed by atoms with E-state index in [1.54, 1.807) is 23.0 Å². The van der Waals surface area contributed by atoms with E-state index in [1.807, 2.05) is 6.20 Å². The van der Waals surface area contributed by atoms with E-state index >= 15 is 0 Å². The van der Waals surface area contributed by atoms with Gasteiger partial charge < -0.3 is 5.11 Å². The molecule has 5 nitrogen and oxygen atoms in total. The Morgan fingerprint density at radius 3 is 3.00 bits per heavy atom. The number of pyridine rings is 1. The summed E-state index contributed by atoms with van der Waals surface area (Å²) in [6.07, 6.45) is 5.04. The molecule has 0 atom stereocenters. The summed E-state index contributed by atoms with van der Waals surface area (Å²) in [6.45, 7) is 0.415. The molecule has 0 saturated carbocycles. The van der Waals surface area contributed by atoms with Crippen molar-refractivity contribution >= 4 is 28.6 Å². The summed E-state index contributed by atoms with van der Waals surface area (Å²) in [5.74, 6) is -1.02. The van der Waals surface area contributed by atoms with Gasteiger partial charge in [0.2, 0.25) is 0 Å². The first-order valence-electron chi connectivity index (χ1n) is 4.52. The van der Waals surface area contributed by atoms with Crippen LogP contribution in [0.3, 0.4) is 0 Å². The Bertz CT molecular complexity index is 524. The van der Waals surface area contributed by atoms with Crippen LogP contribution >= 0.6 is 22.6 Å². The lowest BCUT2D eigenvalue weighted by Crippen LogP contribution is -2.09. The van der Waals surface area contributed by atoms with Crippen molar-refractivity contribution in [1.29, 1.82) is 0 Å². The molecule has 0 spiro atoms. The first-order chi connectivity index (χ1) is 7.66. The van der Waals surface area contributed by atoms with Gasteiger partial charge in [-0.05, 0) is 28.7 Å². The van der Waals surface area contributed by atoms with Crippen LogP contribution in [0.25, 0.3) is 0 Å². The highest BCUT2D eigenvalue weighted by Crippen LogP contribution is 2.09. The van der Waals surface area contributed by atoms with Gasteiger partial charge in [-0.3, -0.25) is 4.68 Å². The van der Waals surface area contributed by atoms with E-state index < -0.39 is 5.97 Å². The number of aromatic carboxylic acids is 1. The molecule has 0 saturated heterocycles. The molecule has 0 bridgehead atoms. The molecule has 0 unspecified atom stereocenters. The molecule has 2 aromatic heterocycles. The van der Waals surface area contributed by atoms with Gasteiger partial charge in [-0.1, -0.05) is 6.07 Å². The molecular weight excluding hydrogens is 321 g/mol. The zero-order valence-electron chi connectivity index (χ0n) is 8.17. The fraction of sp³-hybridized carbons (Fsp3) is 0.100. The molecule has 16 heavy (non-hydrogen) atoms. The lowest BCUT2D eigenvalue weighted by Gasteiger charge is -2.04. The largest absolute Gasteiger partial charge is 0.477 e. The van der Waals surface area contributed by atoms with Gasteiger partial charge in [-0.15, -0.1) is 0 Å². The summed E-state index contributed by atoms with van der Waals surface area (Å²) < 4.78 is 2.70. The Hall–Kier alpha value is -1.44. The van der Waals surface area contributed by atoms with Crippen LogP contribution < -0.4 is 0 Å². The maximum absolute atomic E-state index is 10.9. The molecule has 0 aliphatic carbocycles. The summed E-state index contributed by atoms with van der Waals surface area (Å²) >= 11 is 2.15. The molecule has 0 radical (unpaired) electrons. The molecule has 0 fully saturated rings. The Morgan fingerprint density at radius 2 is 2.38 bits per heavy atom. The fourth-order valence-corrected chi connectivity index (χ4v) is 1.80. The molecule has 6 heteroatoms. The Morgan fingerprint density at radius 1 is 1.56 bits per heavy atom. The van der Waals surface area contributed by atoms with Crippen molar-refractivity contribution in [1.82, 2.24) is 14.8 Å². The topological polar surface area (TPSA) is 68.0 Å². The van der Waals surface area contributed by atoms with Gasteiger partial charge >= 0.3 is 5.97 Å². The van der Waals surface area contributed by atoms with Crippen LogP contribution in [0.15, 0.2) is 30.7 Å². The molecule has 1 N–H and O–H groups in total. The Kier molecular flexibility index (Phi) is 3.18. The van der Waals surface area contributed by atoms with Crippen LogP contribution in [-0.4, -0.2) is 25.8 Å². The highest BCUT2D eigenvalue weighted by molar-refractivity contribution is 14.1. The van der Waals surface area contributed by atoms with Crippen molar-refractivity contribution in [3.63, 3.8) is 0 Å². The monoisotopic (exact) mass is 329 g/mol. The Labute approximate surface area is 105 Å². The van der Waals surface area contributed by atoms with Gasteiger partial charge in [0, 0.05) is 18.0 Å². The van der Waals surface area contributed by atoms with Crippen molar-refractivity contribution in [2.75, 3.05) is 0 Å². The summed E-state index contributed by atoms with van der Waals surface area (Å²) in [4.78, 5) is 14.8. The predicted molar refractivity (Wildman–Crippen MR) is 65.2 cm³/mol. The Balaban J connectivity index is 2.31. The maximum atomic E-state index is 10.9. The molecule has 0 amide bonds. The molecule has 2 aromatic rings. The predicted octanol–water partition coefficient (Wildman–Crippen LogP) is 1.63. The van der Waals surface area contributed by atoms with E-state index in [0.717, 1.165) is 3.57 Å². The van der Waals surface area contributed by atoms with E-state index in [0.29, 0.717) is 12.1 Å². The van der Waals surface area contributed by atoms with Crippen LogP contribution in [0.1, 0.15) is 16.1 Å². The molecule has 0 aliphatic rings. The van der Waals surface area contributed by atoms with Gasteiger partial charge in [0.25, 0.3) is 0 Å². The summed E-state index contributed by atoms with van der Waals surface area (Å²) in [5, 5.41) is 13.1. The number of carboxylic acids is 1. The average molecular weight is 329 g/mol. The van der Waals surface area contributed by atoms with E-state index in [2.05, 4.69) is 32.7 Å². The third-order valence-corrected chi connectivity index (χ3v) is 2.58. The van der Waals surface area contributed by atoms with Crippen molar-refractivity contribution in [3.8, 4) is 0 Å². The summed E-state index contributed by atoms with van der Waals surface area (Å²) in [6, 6.07) is 3.46. The molecular formula is C10H8IN3O2. The quantitative estimate of drug-likeness (QED) is 0.869. The van der Waals surface area contributed by atoms with E-state index in [-0.39, 0.29) is 5.69 Å². The number of aromatic nitrogens is 3. The standard InChI is InChI=1S/C10H8IN3O2/c11-8-4-13-14(6-8)5-7-2-1-3-12-9(7)10(15)16/h1-4,6H,5H2,(H,15,16). The first kappa shape index (κ1) is 11.1.